The Labute approximate surface area is 125 Å². The quantitative estimate of drug-likeness (QED) is 0.280. The molecule has 0 aliphatic heterocycles. The molecule has 1 unspecified atom stereocenters. The van der Waals surface area contributed by atoms with E-state index in [1.807, 2.05) is 30.3 Å². The summed E-state index contributed by atoms with van der Waals surface area (Å²) in [5.74, 6) is -0.649. The van der Waals surface area contributed by atoms with E-state index in [9.17, 15) is 4.79 Å². The van der Waals surface area contributed by atoms with E-state index in [-0.39, 0.29) is 0 Å². The second-order valence-corrected chi connectivity index (χ2v) is 4.89. The Bertz CT molecular complexity index is 451. The maximum Gasteiger partial charge on any atom is 0.320 e. The Balaban J connectivity index is 2.30. The predicted molar refractivity (Wildman–Crippen MR) is 80.8 cm³/mol. The Morgan fingerprint density at radius 3 is 2.62 bits per heavy atom. The molecule has 1 aromatic rings. The molecule has 0 aliphatic carbocycles. The van der Waals surface area contributed by atoms with Gasteiger partial charge in [-0.3, -0.25) is 15.0 Å². The number of amidine groups is 1. The zero-order valence-corrected chi connectivity index (χ0v) is 12.3. The van der Waals surface area contributed by atoms with Gasteiger partial charge in [0.25, 0.3) is 0 Å². The highest BCUT2D eigenvalue weighted by Crippen LogP contribution is 2.06. The van der Waals surface area contributed by atoms with E-state index in [4.69, 9.17) is 21.1 Å². The molecule has 21 heavy (non-hydrogen) atoms. The maximum atomic E-state index is 10.6. The Hall–Kier alpha value is -1.92. The minimum Gasteiger partial charge on any atom is -0.480 e. The average Bonchev–Trinajstić information content (AvgIpc) is 2.46. The molecule has 1 atom stereocenters. The third kappa shape index (κ3) is 6.87. The number of carbonyl (C=O) groups is 1. The molecule has 0 aromatic heterocycles. The lowest BCUT2D eigenvalue weighted by atomic mass is 10.1. The van der Waals surface area contributed by atoms with Crippen molar-refractivity contribution in [3.05, 3.63) is 35.9 Å². The number of hydrogen-bond donors (Lipinski definition) is 3. The number of nitrogens with zero attached hydrogens (tertiary/aromatic N) is 1. The van der Waals surface area contributed by atoms with Gasteiger partial charge in [-0.1, -0.05) is 30.3 Å². The van der Waals surface area contributed by atoms with Gasteiger partial charge < -0.3 is 10.8 Å². The van der Waals surface area contributed by atoms with Crippen molar-refractivity contribution >= 4 is 11.8 Å². The largest absolute Gasteiger partial charge is 0.480 e. The number of benzene rings is 1. The molecule has 0 heterocycles. The fraction of sp³-hybridized carbons (Fsp3) is 0.467. The number of nitrogens with two attached hydrogens (primary N) is 1. The summed E-state index contributed by atoms with van der Waals surface area (Å²) < 4.78 is 0. The zero-order valence-electron chi connectivity index (χ0n) is 12.3. The molecular weight excluding hydrogens is 270 g/mol. The number of carboxylic acid groups (broad SMARTS) is 1. The first-order valence-corrected chi connectivity index (χ1v) is 6.98. The summed E-state index contributed by atoms with van der Waals surface area (Å²) in [6.45, 7) is 2.62. The van der Waals surface area contributed by atoms with Gasteiger partial charge in [-0.2, -0.15) is 0 Å². The van der Waals surface area contributed by atoms with E-state index < -0.39 is 12.0 Å². The van der Waals surface area contributed by atoms with Crippen LogP contribution >= 0.6 is 0 Å². The first kappa shape index (κ1) is 17.1. The van der Waals surface area contributed by atoms with E-state index in [0.29, 0.717) is 31.8 Å². The fourth-order valence-electron chi connectivity index (χ4n) is 1.80. The molecule has 6 nitrogen and oxygen atoms in total. The van der Waals surface area contributed by atoms with Crippen LogP contribution in [0.4, 0.5) is 0 Å². The van der Waals surface area contributed by atoms with Crippen molar-refractivity contribution in [3.8, 4) is 0 Å². The van der Waals surface area contributed by atoms with Crippen molar-refractivity contribution in [1.82, 2.24) is 5.06 Å². The summed E-state index contributed by atoms with van der Waals surface area (Å²) in [5, 5.41) is 17.9. The van der Waals surface area contributed by atoms with Crippen LogP contribution < -0.4 is 5.73 Å². The van der Waals surface area contributed by atoms with Crippen molar-refractivity contribution in [1.29, 1.82) is 5.41 Å². The summed E-state index contributed by atoms with van der Waals surface area (Å²) in [6, 6.07) is 8.92. The topological polar surface area (TPSA) is 99.6 Å². The molecule has 0 saturated carbocycles. The van der Waals surface area contributed by atoms with Crippen LogP contribution in [0.15, 0.2) is 30.3 Å². The summed E-state index contributed by atoms with van der Waals surface area (Å²) >= 11 is 0. The standard InChI is InChI=1S/C15H23N3O3/c1-12(16)18(10-6-5-9-14(17)15(19)20)21-11-13-7-3-2-4-8-13/h2-4,7-8,14,16H,5-6,9-11,17H2,1H3,(H,19,20). The molecule has 0 radical (unpaired) electrons. The van der Waals surface area contributed by atoms with Crippen LogP contribution in [0.3, 0.4) is 0 Å². The van der Waals surface area contributed by atoms with Gasteiger partial charge in [0.15, 0.2) is 0 Å². The lowest BCUT2D eigenvalue weighted by Crippen LogP contribution is -2.31. The number of aliphatic carboxylic acids is 1. The number of hydroxylamine groups is 2. The van der Waals surface area contributed by atoms with Crippen molar-refractivity contribution in [2.75, 3.05) is 6.54 Å². The van der Waals surface area contributed by atoms with Gasteiger partial charge >= 0.3 is 5.97 Å². The van der Waals surface area contributed by atoms with E-state index >= 15 is 0 Å². The maximum absolute atomic E-state index is 10.6. The van der Waals surface area contributed by atoms with E-state index in [1.165, 1.54) is 5.06 Å². The molecule has 0 spiro atoms. The predicted octanol–water partition coefficient (Wildman–Crippen LogP) is 2.00. The molecule has 1 rings (SSSR count). The van der Waals surface area contributed by atoms with E-state index in [0.717, 1.165) is 12.0 Å². The minimum atomic E-state index is -0.976. The second-order valence-electron chi connectivity index (χ2n) is 4.89. The third-order valence-electron chi connectivity index (χ3n) is 3.05. The lowest BCUT2D eigenvalue weighted by molar-refractivity contribution is -0.138. The monoisotopic (exact) mass is 293 g/mol. The fourth-order valence-corrected chi connectivity index (χ4v) is 1.80. The molecule has 0 saturated heterocycles. The Morgan fingerprint density at radius 1 is 1.38 bits per heavy atom. The van der Waals surface area contributed by atoms with Gasteiger partial charge in [0.05, 0.1) is 6.61 Å². The second kappa shape index (κ2) is 9.10. The highest BCUT2D eigenvalue weighted by molar-refractivity contribution is 5.75. The van der Waals surface area contributed by atoms with Crippen LogP contribution in [-0.4, -0.2) is 34.6 Å². The third-order valence-corrected chi connectivity index (χ3v) is 3.05. The molecule has 6 heteroatoms. The summed E-state index contributed by atoms with van der Waals surface area (Å²) in [7, 11) is 0. The normalized spacial score (nSPS) is 11.9. The SMILES string of the molecule is CC(=N)N(CCCCC(N)C(=O)O)OCc1ccccc1. The highest BCUT2D eigenvalue weighted by Gasteiger charge is 2.11. The first-order chi connectivity index (χ1) is 10.0. The minimum absolute atomic E-state index is 0.327. The summed E-state index contributed by atoms with van der Waals surface area (Å²) in [6.07, 6.45) is 1.84. The van der Waals surface area contributed by atoms with Crippen molar-refractivity contribution in [2.45, 2.75) is 38.8 Å². The van der Waals surface area contributed by atoms with Crippen LogP contribution in [-0.2, 0) is 16.2 Å². The Kier molecular flexibility index (Phi) is 7.42. The molecule has 0 bridgehead atoms. The van der Waals surface area contributed by atoms with Crippen molar-refractivity contribution < 1.29 is 14.7 Å². The smallest absolute Gasteiger partial charge is 0.320 e. The van der Waals surface area contributed by atoms with Gasteiger partial charge in [0, 0.05) is 6.54 Å². The molecule has 116 valence electrons. The van der Waals surface area contributed by atoms with Crippen LogP contribution in [0.1, 0.15) is 31.7 Å². The van der Waals surface area contributed by atoms with E-state index in [2.05, 4.69) is 0 Å². The van der Waals surface area contributed by atoms with Crippen LogP contribution in [0.5, 0.6) is 0 Å². The number of rotatable bonds is 9. The van der Waals surface area contributed by atoms with Gasteiger partial charge in [0.1, 0.15) is 11.9 Å². The van der Waals surface area contributed by atoms with Gasteiger partial charge in [0.2, 0.25) is 0 Å². The highest BCUT2D eigenvalue weighted by atomic mass is 16.7. The summed E-state index contributed by atoms with van der Waals surface area (Å²) in [5.41, 5.74) is 6.48. The lowest BCUT2D eigenvalue weighted by Gasteiger charge is -2.22. The van der Waals surface area contributed by atoms with E-state index in [1.54, 1.807) is 6.92 Å². The van der Waals surface area contributed by atoms with Gasteiger partial charge in [-0.05, 0) is 31.7 Å². The number of nitrogens with one attached hydrogen (secondary N) is 1. The number of unbranched alkanes of at least 4 members (excludes halogenated alkanes) is 1. The van der Waals surface area contributed by atoms with Crippen LogP contribution in [0, 0.1) is 5.41 Å². The van der Waals surface area contributed by atoms with Gasteiger partial charge in [-0.25, -0.2) is 5.06 Å². The Morgan fingerprint density at radius 2 is 2.05 bits per heavy atom. The molecule has 1 aromatic carbocycles. The zero-order chi connectivity index (χ0) is 15.7. The molecular formula is C15H23N3O3. The van der Waals surface area contributed by atoms with Crippen molar-refractivity contribution in [3.63, 3.8) is 0 Å². The van der Waals surface area contributed by atoms with Crippen molar-refractivity contribution in [2.24, 2.45) is 5.73 Å². The first-order valence-electron chi connectivity index (χ1n) is 6.98. The molecule has 0 fully saturated rings. The summed E-state index contributed by atoms with van der Waals surface area (Å²) in [4.78, 5) is 16.2. The molecule has 0 amide bonds. The van der Waals surface area contributed by atoms with Crippen LogP contribution in [0.2, 0.25) is 0 Å². The number of carboxylic acids is 1. The molecule has 4 N–H and O–H groups in total. The van der Waals surface area contributed by atoms with Crippen LogP contribution in [0.25, 0.3) is 0 Å². The number of hydrogen-bond acceptors (Lipinski definition) is 4. The molecule has 0 aliphatic rings. The van der Waals surface area contributed by atoms with Gasteiger partial charge in [-0.15, -0.1) is 0 Å². The average molecular weight is 293 g/mol.